The molecule has 0 aromatic heterocycles. The Hall–Kier alpha value is -0.850. The van der Waals surface area contributed by atoms with Crippen LogP contribution in [0, 0.1) is 5.41 Å². The zero-order valence-corrected chi connectivity index (χ0v) is 16.4. The molecule has 1 heterocycles. The topological polar surface area (TPSA) is 58.1 Å². The summed E-state index contributed by atoms with van der Waals surface area (Å²) in [6.45, 7) is 16.2. The van der Waals surface area contributed by atoms with Crippen molar-refractivity contribution in [3.63, 3.8) is 0 Å². The Morgan fingerprint density at radius 2 is 1.92 bits per heavy atom. The van der Waals surface area contributed by atoms with Gasteiger partial charge >= 0.3 is 0 Å². The van der Waals surface area contributed by atoms with Crippen molar-refractivity contribution in [2.24, 2.45) is 10.4 Å². The molecule has 0 saturated carbocycles. The maximum absolute atomic E-state index is 5.58. The van der Waals surface area contributed by atoms with E-state index >= 15 is 0 Å². The molecule has 1 aliphatic heterocycles. The van der Waals surface area contributed by atoms with Gasteiger partial charge in [-0.05, 0) is 31.7 Å². The van der Waals surface area contributed by atoms with E-state index in [1.165, 1.54) is 6.42 Å². The Morgan fingerprint density at radius 3 is 2.50 bits per heavy atom. The SMILES string of the molecule is CCNC(=NCC(OC)C(C)(C)C)NCCCCN1CCOCC1. The van der Waals surface area contributed by atoms with Gasteiger partial charge in [-0.25, -0.2) is 0 Å². The first-order chi connectivity index (χ1) is 11.5. The second-order valence-corrected chi connectivity index (χ2v) is 7.40. The van der Waals surface area contributed by atoms with Crippen molar-refractivity contribution < 1.29 is 9.47 Å². The van der Waals surface area contributed by atoms with Crippen molar-refractivity contribution in [3.05, 3.63) is 0 Å². The lowest BCUT2D eigenvalue weighted by Gasteiger charge is -2.28. The van der Waals surface area contributed by atoms with E-state index in [-0.39, 0.29) is 11.5 Å². The molecule has 0 spiro atoms. The number of rotatable bonds is 9. The van der Waals surface area contributed by atoms with Crippen LogP contribution in [-0.2, 0) is 9.47 Å². The second-order valence-electron chi connectivity index (χ2n) is 7.40. The molecule has 2 N–H and O–H groups in total. The Bertz CT molecular complexity index is 349. The van der Waals surface area contributed by atoms with Crippen LogP contribution in [0.5, 0.6) is 0 Å². The van der Waals surface area contributed by atoms with E-state index in [0.717, 1.165) is 58.3 Å². The van der Waals surface area contributed by atoms with Gasteiger partial charge in [0.05, 0.1) is 25.9 Å². The fourth-order valence-corrected chi connectivity index (χ4v) is 2.71. The van der Waals surface area contributed by atoms with Crippen LogP contribution >= 0.6 is 0 Å². The van der Waals surface area contributed by atoms with Crippen LogP contribution < -0.4 is 10.6 Å². The molecule has 0 radical (unpaired) electrons. The Kier molecular flexibility index (Phi) is 10.3. The minimum absolute atomic E-state index is 0.0910. The number of guanidine groups is 1. The molecule has 142 valence electrons. The number of hydrogen-bond acceptors (Lipinski definition) is 4. The number of methoxy groups -OCH3 is 1. The van der Waals surface area contributed by atoms with Crippen molar-refractivity contribution in [3.8, 4) is 0 Å². The van der Waals surface area contributed by atoms with Crippen LogP contribution in [0.4, 0.5) is 0 Å². The van der Waals surface area contributed by atoms with E-state index in [0.29, 0.717) is 6.54 Å². The number of nitrogens with zero attached hydrogens (tertiary/aromatic N) is 2. The summed E-state index contributed by atoms with van der Waals surface area (Å²) in [6.07, 6.45) is 2.47. The van der Waals surface area contributed by atoms with Gasteiger partial charge < -0.3 is 20.1 Å². The summed E-state index contributed by atoms with van der Waals surface area (Å²) in [4.78, 5) is 7.16. The number of morpholine rings is 1. The van der Waals surface area contributed by atoms with Gasteiger partial charge in [0.15, 0.2) is 5.96 Å². The number of aliphatic imine (C=N–C) groups is 1. The summed E-state index contributed by atoms with van der Waals surface area (Å²) in [5.74, 6) is 0.884. The lowest BCUT2D eigenvalue weighted by Crippen LogP contribution is -2.40. The molecule has 1 rings (SSSR count). The highest BCUT2D eigenvalue weighted by molar-refractivity contribution is 5.79. The third-order valence-corrected chi connectivity index (χ3v) is 4.31. The average Bonchev–Trinajstić information content (AvgIpc) is 2.54. The summed E-state index contributed by atoms with van der Waals surface area (Å²) >= 11 is 0. The van der Waals surface area contributed by atoms with Crippen LogP contribution in [-0.4, -0.2) is 76.6 Å². The third kappa shape index (κ3) is 8.85. The van der Waals surface area contributed by atoms with E-state index in [1.54, 1.807) is 7.11 Å². The van der Waals surface area contributed by atoms with E-state index in [9.17, 15) is 0 Å². The van der Waals surface area contributed by atoms with Gasteiger partial charge in [0.1, 0.15) is 0 Å². The summed E-state index contributed by atoms with van der Waals surface area (Å²) in [6, 6.07) is 0. The van der Waals surface area contributed by atoms with Gasteiger partial charge in [0, 0.05) is 33.3 Å². The van der Waals surface area contributed by atoms with Crippen molar-refractivity contribution in [2.75, 3.05) is 59.6 Å². The fraction of sp³-hybridized carbons (Fsp3) is 0.944. The summed E-state index contributed by atoms with van der Waals surface area (Å²) in [7, 11) is 1.76. The van der Waals surface area contributed by atoms with Gasteiger partial charge in [0.25, 0.3) is 0 Å². The molecule has 1 aliphatic rings. The third-order valence-electron chi connectivity index (χ3n) is 4.31. The molecule has 0 aliphatic carbocycles. The molecule has 1 fully saturated rings. The average molecular weight is 343 g/mol. The monoisotopic (exact) mass is 342 g/mol. The molecule has 6 heteroatoms. The number of ether oxygens (including phenoxy) is 2. The predicted molar refractivity (Wildman–Crippen MR) is 101 cm³/mol. The normalized spacial score (nSPS) is 18.5. The minimum atomic E-state index is 0.0910. The van der Waals surface area contributed by atoms with Gasteiger partial charge in [-0.15, -0.1) is 0 Å². The lowest BCUT2D eigenvalue weighted by molar-refractivity contribution is 0.0241. The Labute approximate surface area is 148 Å². The Balaban J connectivity index is 2.27. The van der Waals surface area contributed by atoms with E-state index in [4.69, 9.17) is 9.47 Å². The minimum Gasteiger partial charge on any atom is -0.379 e. The first-order valence-corrected chi connectivity index (χ1v) is 9.32. The van der Waals surface area contributed by atoms with Crippen molar-refractivity contribution in [1.82, 2.24) is 15.5 Å². The van der Waals surface area contributed by atoms with Crippen molar-refractivity contribution >= 4 is 5.96 Å². The molecule has 0 aromatic carbocycles. The van der Waals surface area contributed by atoms with Crippen molar-refractivity contribution in [2.45, 2.75) is 46.6 Å². The summed E-state index contributed by atoms with van der Waals surface area (Å²) in [5.41, 5.74) is 0.0910. The highest BCUT2D eigenvalue weighted by Crippen LogP contribution is 2.21. The molecule has 1 saturated heterocycles. The molecule has 24 heavy (non-hydrogen) atoms. The smallest absolute Gasteiger partial charge is 0.191 e. The number of unbranched alkanes of at least 4 members (excludes halogenated alkanes) is 1. The second kappa shape index (κ2) is 11.7. The molecule has 6 nitrogen and oxygen atoms in total. The largest absolute Gasteiger partial charge is 0.379 e. The van der Waals surface area contributed by atoms with Crippen LogP contribution in [0.15, 0.2) is 4.99 Å². The van der Waals surface area contributed by atoms with Crippen LogP contribution in [0.1, 0.15) is 40.5 Å². The van der Waals surface area contributed by atoms with Gasteiger partial charge in [0.2, 0.25) is 0 Å². The van der Waals surface area contributed by atoms with E-state index in [2.05, 4.69) is 48.2 Å². The molecule has 1 atom stereocenters. The van der Waals surface area contributed by atoms with E-state index < -0.39 is 0 Å². The highest BCUT2D eigenvalue weighted by Gasteiger charge is 2.24. The first kappa shape index (κ1) is 21.2. The van der Waals surface area contributed by atoms with Crippen LogP contribution in [0.2, 0.25) is 0 Å². The zero-order valence-electron chi connectivity index (χ0n) is 16.4. The zero-order chi connectivity index (χ0) is 17.8. The number of hydrogen-bond donors (Lipinski definition) is 2. The Morgan fingerprint density at radius 1 is 1.21 bits per heavy atom. The molecular weight excluding hydrogens is 304 g/mol. The molecule has 1 unspecified atom stereocenters. The van der Waals surface area contributed by atoms with E-state index in [1.807, 2.05) is 0 Å². The quantitative estimate of drug-likeness (QED) is 0.380. The molecule has 0 bridgehead atoms. The fourth-order valence-electron chi connectivity index (χ4n) is 2.71. The lowest BCUT2D eigenvalue weighted by atomic mass is 9.89. The molecule has 0 amide bonds. The van der Waals surface area contributed by atoms with Gasteiger partial charge in [-0.2, -0.15) is 0 Å². The van der Waals surface area contributed by atoms with Crippen molar-refractivity contribution in [1.29, 1.82) is 0 Å². The van der Waals surface area contributed by atoms with Crippen LogP contribution in [0.3, 0.4) is 0 Å². The summed E-state index contributed by atoms with van der Waals surface area (Å²) < 4.78 is 11.0. The summed E-state index contributed by atoms with van der Waals surface area (Å²) in [5, 5.41) is 6.74. The maximum Gasteiger partial charge on any atom is 0.191 e. The first-order valence-electron chi connectivity index (χ1n) is 9.32. The predicted octanol–water partition coefficient (Wildman–Crippen LogP) is 1.72. The van der Waals surface area contributed by atoms with Gasteiger partial charge in [-0.1, -0.05) is 20.8 Å². The number of nitrogens with one attached hydrogen (secondary N) is 2. The molecular formula is C18H38N4O2. The standard InChI is InChI=1S/C18H38N4O2/c1-6-19-17(21-15-16(23-5)18(2,3)4)20-9-7-8-10-22-11-13-24-14-12-22/h16H,6-15H2,1-5H3,(H2,19,20,21). The van der Waals surface area contributed by atoms with Crippen LogP contribution in [0.25, 0.3) is 0 Å². The highest BCUT2D eigenvalue weighted by atomic mass is 16.5. The molecule has 0 aromatic rings. The maximum atomic E-state index is 5.58. The van der Waals surface area contributed by atoms with Gasteiger partial charge in [-0.3, -0.25) is 9.89 Å².